The second-order valence-electron chi connectivity index (χ2n) is 9.98. The van der Waals surface area contributed by atoms with Crippen molar-refractivity contribution in [2.45, 2.75) is 33.3 Å². The molecule has 4 aromatic carbocycles. The van der Waals surface area contributed by atoms with Crippen LogP contribution in [-0.2, 0) is 6.61 Å². The normalized spacial score (nSPS) is 11.5. The molecule has 0 N–H and O–H groups in total. The Morgan fingerprint density at radius 1 is 1.02 bits per heavy atom. The predicted molar refractivity (Wildman–Crippen MR) is 170 cm³/mol. The maximum atomic E-state index is 13.7. The summed E-state index contributed by atoms with van der Waals surface area (Å²) in [5.41, 5.74) is 4.96. The third kappa shape index (κ3) is 6.21. The number of fused-ring (bicyclic) bond motifs is 1. The van der Waals surface area contributed by atoms with Crippen LogP contribution >= 0.6 is 27.5 Å². The molecule has 0 amide bonds. The number of nitrogens with zero attached hydrogens (tertiary/aromatic N) is 3. The maximum Gasteiger partial charge on any atom is 0.282 e. The van der Waals surface area contributed by atoms with Gasteiger partial charge in [0.05, 0.1) is 28.7 Å². The summed E-state index contributed by atoms with van der Waals surface area (Å²) in [7, 11) is 1.67. The summed E-state index contributed by atoms with van der Waals surface area (Å²) in [5, 5.41) is 5.83. The van der Waals surface area contributed by atoms with E-state index < -0.39 is 0 Å². The second kappa shape index (κ2) is 12.3. The van der Waals surface area contributed by atoms with Crippen molar-refractivity contribution in [2.75, 3.05) is 7.11 Å². The van der Waals surface area contributed by atoms with Gasteiger partial charge in [0.25, 0.3) is 5.56 Å². The summed E-state index contributed by atoms with van der Waals surface area (Å²) in [6, 6.07) is 24.5. The van der Waals surface area contributed by atoms with E-state index in [2.05, 4.69) is 34.9 Å². The van der Waals surface area contributed by atoms with Crippen LogP contribution in [0.1, 0.15) is 42.0 Å². The quantitative estimate of drug-likeness (QED) is 0.162. The lowest BCUT2D eigenvalue weighted by atomic mass is 9.96. The average Bonchev–Trinajstić information content (AvgIpc) is 2.96. The number of aryl methyl sites for hydroxylation is 1. The fourth-order valence-electron chi connectivity index (χ4n) is 4.55. The number of ether oxygens (including phenoxy) is 2. The molecule has 41 heavy (non-hydrogen) atoms. The molecular weight excluding hydrogens is 602 g/mol. The average molecular weight is 631 g/mol. The molecule has 5 rings (SSSR count). The Labute approximate surface area is 252 Å². The molecule has 0 saturated heterocycles. The van der Waals surface area contributed by atoms with Crippen LogP contribution in [0, 0.1) is 6.92 Å². The highest BCUT2D eigenvalue weighted by Crippen LogP contribution is 2.34. The van der Waals surface area contributed by atoms with Gasteiger partial charge >= 0.3 is 0 Å². The number of benzene rings is 4. The van der Waals surface area contributed by atoms with Crippen molar-refractivity contribution in [1.82, 2.24) is 9.66 Å². The van der Waals surface area contributed by atoms with Crippen LogP contribution in [0.25, 0.3) is 22.3 Å². The molecule has 0 bridgehead atoms. The number of methoxy groups -OCH3 is 1. The molecule has 1 heterocycles. The van der Waals surface area contributed by atoms with Gasteiger partial charge in [-0.1, -0.05) is 49.7 Å². The molecule has 6 nitrogen and oxygen atoms in total. The summed E-state index contributed by atoms with van der Waals surface area (Å²) in [5.74, 6) is 2.18. The first-order valence-corrected chi connectivity index (χ1v) is 14.3. The summed E-state index contributed by atoms with van der Waals surface area (Å²) in [6.45, 7) is 6.61. The van der Waals surface area contributed by atoms with Crippen LogP contribution in [0.3, 0.4) is 0 Å². The molecule has 5 aromatic rings. The van der Waals surface area contributed by atoms with Crippen molar-refractivity contribution in [1.29, 1.82) is 0 Å². The highest BCUT2D eigenvalue weighted by Gasteiger charge is 2.18. The van der Waals surface area contributed by atoms with Gasteiger partial charge in [-0.2, -0.15) is 9.78 Å². The van der Waals surface area contributed by atoms with Gasteiger partial charge in [0.15, 0.2) is 5.82 Å². The SMILES string of the molecule is COc1cc(C)c(-c2nc3ccccc3c(=O)n2N=Cc2ccc(OCc3ccc(Cl)cc3)c(Br)c2)cc1C(C)C. The van der Waals surface area contributed by atoms with E-state index in [-0.39, 0.29) is 11.5 Å². The van der Waals surface area contributed by atoms with Crippen molar-refractivity contribution < 1.29 is 9.47 Å². The van der Waals surface area contributed by atoms with Crippen LogP contribution in [0.2, 0.25) is 5.02 Å². The number of aromatic nitrogens is 2. The van der Waals surface area contributed by atoms with E-state index in [4.69, 9.17) is 26.1 Å². The zero-order chi connectivity index (χ0) is 29.1. The van der Waals surface area contributed by atoms with Crippen LogP contribution in [0.5, 0.6) is 11.5 Å². The van der Waals surface area contributed by atoms with Crippen molar-refractivity contribution in [3.05, 3.63) is 121 Å². The molecule has 0 fully saturated rings. The molecule has 0 radical (unpaired) electrons. The number of hydrogen-bond donors (Lipinski definition) is 0. The van der Waals surface area contributed by atoms with E-state index in [1.807, 2.05) is 79.7 Å². The summed E-state index contributed by atoms with van der Waals surface area (Å²) in [6.07, 6.45) is 1.65. The molecular formula is C33H29BrClN3O3. The van der Waals surface area contributed by atoms with Gasteiger partial charge in [-0.15, -0.1) is 0 Å². The van der Waals surface area contributed by atoms with Crippen LogP contribution in [-0.4, -0.2) is 23.0 Å². The molecule has 8 heteroatoms. The van der Waals surface area contributed by atoms with Gasteiger partial charge in [-0.25, -0.2) is 4.98 Å². The van der Waals surface area contributed by atoms with Gasteiger partial charge in [-0.3, -0.25) is 4.79 Å². The van der Waals surface area contributed by atoms with Crippen molar-refractivity contribution >= 4 is 44.6 Å². The van der Waals surface area contributed by atoms with Crippen molar-refractivity contribution in [3.63, 3.8) is 0 Å². The zero-order valence-electron chi connectivity index (χ0n) is 23.2. The number of rotatable bonds is 8. The standard InChI is InChI=1S/C33H29BrClN3O3/c1-20(2)26-17-27(21(3)15-31(26)40-4)32-37-29-8-6-5-7-25(29)33(39)38(32)36-18-23-11-14-30(28(34)16-23)41-19-22-9-12-24(35)13-10-22/h5-18,20H,19H2,1-4H3. The Morgan fingerprint density at radius 2 is 1.78 bits per heavy atom. The third-order valence-corrected chi connectivity index (χ3v) is 7.65. The monoisotopic (exact) mass is 629 g/mol. The third-order valence-electron chi connectivity index (χ3n) is 6.78. The first kappa shape index (κ1) is 28.6. The molecule has 1 aromatic heterocycles. The van der Waals surface area contributed by atoms with Gasteiger partial charge in [0, 0.05) is 10.6 Å². The second-order valence-corrected chi connectivity index (χ2v) is 11.3. The lowest BCUT2D eigenvalue weighted by Crippen LogP contribution is -2.20. The van der Waals surface area contributed by atoms with Crippen molar-refractivity contribution in [2.24, 2.45) is 5.10 Å². The smallest absolute Gasteiger partial charge is 0.282 e. The van der Waals surface area contributed by atoms with Gasteiger partial charge in [0.1, 0.15) is 18.1 Å². The Hall–Kier alpha value is -3.94. The number of para-hydroxylation sites is 1. The van der Waals surface area contributed by atoms with E-state index in [1.165, 1.54) is 4.68 Å². The molecule has 0 saturated carbocycles. The molecule has 208 valence electrons. The Balaban J connectivity index is 1.53. The maximum absolute atomic E-state index is 13.7. The summed E-state index contributed by atoms with van der Waals surface area (Å²) < 4.78 is 13.8. The Morgan fingerprint density at radius 3 is 2.49 bits per heavy atom. The molecule has 0 unspecified atom stereocenters. The highest BCUT2D eigenvalue weighted by molar-refractivity contribution is 9.10. The first-order chi connectivity index (χ1) is 19.7. The van der Waals surface area contributed by atoms with E-state index in [9.17, 15) is 4.79 Å². The van der Waals surface area contributed by atoms with Gasteiger partial charge < -0.3 is 9.47 Å². The summed E-state index contributed by atoms with van der Waals surface area (Å²) >= 11 is 9.58. The molecule has 0 spiro atoms. The molecule has 0 aliphatic heterocycles. The predicted octanol–water partition coefficient (Wildman–Crippen LogP) is 8.38. The van der Waals surface area contributed by atoms with Crippen LogP contribution in [0.15, 0.2) is 93.2 Å². The fourth-order valence-corrected chi connectivity index (χ4v) is 5.19. The van der Waals surface area contributed by atoms with Crippen LogP contribution < -0.4 is 15.0 Å². The van der Waals surface area contributed by atoms with E-state index in [0.29, 0.717) is 34.1 Å². The summed E-state index contributed by atoms with van der Waals surface area (Å²) in [4.78, 5) is 18.6. The first-order valence-electron chi connectivity index (χ1n) is 13.2. The Bertz CT molecular complexity index is 1810. The van der Waals surface area contributed by atoms with E-state index >= 15 is 0 Å². The number of hydrogen-bond acceptors (Lipinski definition) is 5. The minimum absolute atomic E-state index is 0.214. The highest BCUT2D eigenvalue weighted by atomic mass is 79.9. The van der Waals surface area contributed by atoms with Crippen molar-refractivity contribution in [3.8, 4) is 22.9 Å². The molecule has 0 aliphatic carbocycles. The molecule has 0 atom stereocenters. The lowest BCUT2D eigenvalue weighted by molar-refractivity contribution is 0.304. The largest absolute Gasteiger partial charge is 0.496 e. The zero-order valence-corrected chi connectivity index (χ0v) is 25.5. The van der Waals surface area contributed by atoms with Crippen LogP contribution in [0.4, 0.5) is 0 Å². The fraction of sp³-hybridized carbons (Fsp3) is 0.182. The van der Waals surface area contributed by atoms with E-state index in [0.717, 1.165) is 38.0 Å². The minimum atomic E-state index is -0.245. The molecule has 0 aliphatic rings. The van der Waals surface area contributed by atoms with E-state index in [1.54, 1.807) is 19.4 Å². The number of halogens is 2. The van der Waals surface area contributed by atoms with Gasteiger partial charge in [-0.05, 0) is 106 Å². The van der Waals surface area contributed by atoms with Gasteiger partial charge in [0.2, 0.25) is 0 Å². The topological polar surface area (TPSA) is 65.7 Å². The minimum Gasteiger partial charge on any atom is -0.496 e. The lowest BCUT2D eigenvalue weighted by Gasteiger charge is -2.17. The Kier molecular flexibility index (Phi) is 8.57.